The van der Waals surface area contributed by atoms with Gasteiger partial charge in [-0.05, 0) is 23.9 Å². The largest absolute Gasteiger partial charge is 0.465 e. The van der Waals surface area contributed by atoms with E-state index in [-0.39, 0.29) is 10.5 Å². The molecule has 8 heteroatoms. The van der Waals surface area contributed by atoms with E-state index in [1.807, 2.05) is 0 Å². The minimum Gasteiger partial charge on any atom is -0.465 e. The Morgan fingerprint density at radius 1 is 1.50 bits per heavy atom. The molecule has 18 heavy (non-hydrogen) atoms. The van der Waals surface area contributed by atoms with E-state index in [2.05, 4.69) is 17.4 Å². The van der Waals surface area contributed by atoms with Gasteiger partial charge in [0.2, 0.25) is 0 Å². The molecule has 0 aliphatic heterocycles. The maximum Gasteiger partial charge on any atom is 0.446 e. The molecule has 0 heterocycles. The van der Waals surface area contributed by atoms with Gasteiger partial charge in [-0.2, -0.15) is 18.4 Å². The van der Waals surface area contributed by atoms with Crippen LogP contribution in [-0.4, -0.2) is 18.6 Å². The Morgan fingerprint density at radius 3 is 2.56 bits per heavy atom. The van der Waals surface area contributed by atoms with Crippen molar-refractivity contribution in [3.8, 4) is 6.07 Å². The third kappa shape index (κ3) is 3.58. The topological polar surface area (TPSA) is 50.1 Å². The Labute approximate surface area is 110 Å². The molecular formula is C10H6F3NO2S2. The first kappa shape index (κ1) is 14.7. The molecule has 0 bridgehead atoms. The maximum absolute atomic E-state index is 12.4. The first-order valence-electron chi connectivity index (χ1n) is 4.39. The fraction of sp³-hybridized carbons (Fsp3) is 0.200. The zero-order chi connectivity index (χ0) is 13.9. The zero-order valence-corrected chi connectivity index (χ0v) is 10.6. The van der Waals surface area contributed by atoms with Gasteiger partial charge in [-0.1, -0.05) is 0 Å². The summed E-state index contributed by atoms with van der Waals surface area (Å²) < 4.78 is 41.5. The van der Waals surface area contributed by atoms with E-state index in [0.717, 1.165) is 13.2 Å². The van der Waals surface area contributed by atoms with Crippen LogP contribution >= 0.6 is 24.4 Å². The Bertz CT molecular complexity index is 523. The number of ether oxygens (including phenoxy) is 1. The van der Waals surface area contributed by atoms with Crippen LogP contribution in [-0.2, 0) is 4.74 Å². The molecule has 0 spiro atoms. The molecule has 1 rings (SSSR count). The summed E-state index contributed by atoms with van der Waals surface area (Å²) in [5, 5.41) is 8.83. The van der Waals surface area contributed by atoms with Crippen LogP contribution < -0.4 is 0 Å². The number of alkyl halides is 3. The summed E-state index contributed by atoms with van der Waals surface area (Å²) in [7, 11) is 1.03. The van der Waals surface area contributed by atoms with Gasteiger partial charge in [0.1, 0.15) is 6.07 Å². The predicted molar refractivity (Wildman–Crippen MR) is 61.7 cm³/mol. The van der Waals surface area contributed by atoms with Crippen LogP contribution in [0, 0.1) is 11.3 Å². The third-order valence-corrected chi connectivity index (χ3v) is 2.85. The first-order valence-corrected chi connectivity index (χ1v) is 5.66. The zero-order valence-electron chi connectivity index (χ0n) is 8.91. The van der Waals surface area contributed by atoms with Gasteiger partial charge in [0.25, 0.3) is 0 Å². The average Bonchev–Trinajstić information content (AvgIpc) is 2.25. The van der Waals surface area contributed by atoms with Crippen molar-refractivity contribution < 1.29 is 22.7 Å². The highest BCUT2D eigenvalue weighted by atomic mass is 32.2. The molecule has 0 unspecified atom stereocenters. The fourth-order valence-corrected chi connectivity index (χ4v) is 2.28. The molecule has 0 aromatic heterocycles. The van der Waals surface area contributed by atoms with Gasteiger partial charge >= 0.3 is 11.5 Å². The molecule has 96 valence electrons. The van der Waals surface area contributed by atoms with E-state index in [1.54, 1.807) is 6.07 Å². The summed E-state index contributed by atoms with van der Waals surface area (Å²) in [5.41, 5.74) is -5.18. The van der Waals surface area contributed by atoms with Crippen molar-refractivity contribution >= 4 is 30.4 Å². The highest BCUT2D eigenvalue weighted by Crippen LogP contribution is 2.40. The van der Waals surface area contributed by atoms with Crippen LogP contribution in [0.4, 0.5) is 13.2 Å². The van der Waals surface area contributed by atoms with Crippen molar-refractivity contribution in [2.45, 2.75) is 15.3 Å². The lowest BCUT2D eigenvalue weighted by molar-refractivity contribution is -0.0328. The van der Waals surface area contributed by atoms with Crippen LogP contribution in [0.5, 0.6) is 0 Å². The second-order valence-corrected chi connectivity index (χ2v) is 4.64. The quantitative estimate of drug-likeness (QED) is 0.516. The normalized spacial score (nSPS) is 10.9. The molecule has 0 saturated heterocycles. The number of nitrogens with zero attached hydrogens (tertiary/aromatic N) is 1. The molecule has 1 aromatic carbocycles. The van der Waals surface area contributed by atoms with Crippen molar-refractivity contribution in [3.05, 3.63) is 23.3 Å². The monoisotopic (exact) mass is 293 g/mol. The number of thioether (sulfide) groups is 1. The minimum atomic E-state index is -4.57. The number of nitriles is 1. The molecule has 0 saturated carbocycles. The lowest BCUT2D eigenvalue weighted by Gasteiger charge is -2.11. The van der Waals surface area contributed by atoms with Crippen LogP contribution in [0.15, 0.2) is 21.9 Å². The van der Waals surface area contributed by atoms with Crippen molar-refractivity contribution in [3.63, 3.8) is 0 Å². The molecule has 0 atom stereocenters. The number of thiol groups is 1. The molecule has 0 aliphatic carbocycles. The number of halogens is 3. The summed E-state index contributed by atoms with van der Waals surface area (Å²) >= 11 is 3.40. The van der Waals surface area contributed by atoms with Crippen LogP contribution in [0.3, 0.4) is 0 Å². The number of esters is 1. The Morgan fingerprint density at radius 2 is 2.11 bits per heavy atom. The van der Waals surface area contributed by atoms with Gasteiger partial charge in [0.05, 0.1) is 18.2 Å². The van der Waals surface area contributed by atoms with Gasteiger partial charge < -0.3 is 4.74 Å². The van der Waals surface area contributed by atoms with Gasteiger partial charge in [0, 0.05) is 9.79 Å². The Balaban J connectivity index is 3.43. The molecule has 3 nitrogen and oxygen atoms in total. The molecule has 1 aromatic rings. The Hall–Kier alpha value is -1.33. The highest BCUT2D eigenvalue weighted by Gasteiger charge is 2.33. The standard InChI is InChI=1S/C10H6F3NO2S2/c1-16-9(15)8-5(4-14)2-6(17)3-7(8)18-10(11,12)13/h2-3,17H,1H3. The summed E-state index contributed by atoms with van der Waals surface area (Å²) in [6.07, 6.45) is 0. The predicted octanol–water partition coefficient (Wildman–Crippen LogP) is 3.25. The lowest BCUT2D eigenvalue weighted by atomic mass is 10.1. The second kappa shape index (κ2) is 5.54. The number of rotatable bonds is 2. The number of hydrogen-bond donors (Lipinski definition) is 1. The van der Waals surface area contributed by atoms with Gasteiger partial charge in [-0.15, -0.1) is 12.6 Å². The van der Waals surface area contributed by atoms with E-state index < -0.39 is 33.7 Å². The van der Waals surface area contributed by atoms with E-state index >= 15 is 0 Å². The molecular weight excluding hydrogens is 287 g/mol. The molecule has 0 amide bonds. The number of benzene rings is 1. The van der Waals surface area contributed by atoms with Crippen molar-refractivity contribution in [2.24, 2.45) is 0 Å². The molecule has 0 fully saturated rings. The van der Waals surface area contributed by atoms with E-state index in [0.29, 0.717) is 0 Å². The number of hydrogen-bond acceptors (Lipinski definition) is 5. The summed E-state index contributed by atoms with van der Waals surface area (Å²) in [6.45, 7) is 0. The van der Waals surface area contributed by atoms with E-state index in [4.69, 9.17) is 5.26 Å². The van der Waals surface area contributed by atoms with E-state index in [9.17, 15) is 18.0 Å². The molecule has 0 N–H and O–H groups in total. The average molecular weight is 293 g/mol. The third-order valence-electron chi connectivity index (χ3n) is 1.82. The highest BCUT2D eigenvalue weighted by molar-refractivity contribution is 8.00. The lowest BCUT2D eigenvalue weighted by Crippen LogP contribution is -2.09. The summed E-state index contributed by atoms with van der Waals surface area (Å²) in [4.78, 5) is 11.2. The second-order valence-electron chi connectivity index (χ2n) is 3.02. The SMILES string of the molecule is COC(=O)c1c(C#N)cc(S)cc1SC(F)(F)F. The number of carbonyl (C=O) groups excluding carboxylic acids is 1. The number of methoxy groups -OCH3 is 1. The summed E-state index contributed by atoms with van der Waals surface area (Å²) in [5.74, 6) is -0.994. The molecule has 0 aliphatic rings. The van der Waals surface area contributed by atoms with Gasteiger partial charge in [-0.3, -0.25) is 0 Å². The maximum atomic E-state index is 12.4. The van der Waals surface area contributed by atoms with Gasteiger partial charge in [0.15, 0.2) is 0 Å². The van der Waals surface area contributed by atoms with Crippen molar-refractivity contribution in [1.29, 1.82) is 5.26 Å². The fourth-order valence-electron chi connectivity index (χ4n) is 1.21. The van der Waals surface area contributed by atoms with E-state index in [1.165, 1.54) is 6.07 Å². The smallest absolute Gasteiger partial charge is 0.446 e. The molecule has 0 radical (unpaired) electrons. The van der Waals surface area contributed by atoms with Gasteiger partial charge in [-0.25, -0.2) is 4.79 Å². The van der Waals surface area contributed by atoms with Crippen molar-refractivity contribution in [1.82, 2.24) is 0 Å². The first-order chi connectivity index (χ1) is 8.28. The van der Waals surface area contributed by atoms with Crippen molar-refractivity contribution in [2.75, 3.05) is 7.11 Å². The van der Waals surface area contributed by atoms with Crippen LogP contribution in [0.2, 0.25) is 0 Å². The van der Waals surface area contributed by atoms with Crippen LogP contribution in [0.25, 0.3) is 0 Å². The number of carbonyl (C=O) groups is 1. The van der Waals surface area contributed by atoms with Crippen LogP contribution in [0.1, 0.15) is 15.9 Å². The summed E-state index contributed by atoms with van der Waals surface area (Å²) in [6, 6.07) is 3.92. The Kier molecular flexibility index (Phi) is 4.53. The minimum absolute atomic E-state index is 0.158.